The number of unbranched alkanes of at least 4 members (excludes halogenated alkanes) is 1. The van der Waals surface area contributed by atoms with E-state index in [1.807, 2.05) is 0 Å². The molecule has 0 aliphatic carbocycles. The third kappa shape index (κ3) is 5.26. The van der Waals surface area contributed by atoms with Crippen LogP contribution in [0.15, 0.2) is 6.20 Å². The van der Waals surface area contributed by atoms with Crippen molar-refractivity contribution < 1.29 is 9.90 Å². The van der Waals surface area contributed by atoms with Crippen molar-refractivity contribution in [1.29, 1.82) is 0 Å². The predicted octanol–water partition coefficient (Wildman–Crippen LogP) is 2.41. The molecule has 1 unspecified atom stereocenters. The average Bonchev–Trinajstić information content (AvgIpc) is 3.15. The van der Waals surface area contributed by atoms with Crippen molar-refractivity contribution in [2.75, 3.05) is 26.2 Å². The van der Waals surface area contributed by atoms with Gasteiger partial charge in [0.05, 0.1) is 17.8 Å². The molecule has 1 fully saturated rings. The fraction of sp³-hybridized carbons (Fsp3) is 0.765. The van der Waals surface area contributed by atoms with Gasteiger partial charge >= 0.3 is 0 Å². The number of hydrogen-bond donors (Lipinski definition) is 2. The number of carbonyl (C=O) groups is 1. The Morgan fingerprint density at radius 2 is 2.26 bits per heavy atom. The first-order valence-electron chi connectivity index (χ1n) is 8.51. The van der Waals surface area contributed by atoms with E-state index in [0.29, 0.717) is 17.5 Å². The van der Waals surface area contributed by atoms with E-state index >= 15 is 0 Å². The molecule has 23 heavy (non-hydrogen) atoms. The lowest BCUT2D eigenvalue weighted by Crippen LogP contribution is -2.33. The number of amides is 1. The van der Waals surface area contributed by atoms with E-state index in [0.717, 1.165) is 37.4 Å². The van der Waals surface area contributed by atoms with Crippen LogP contribution in [-0.4, -0.2) is 53.2 Å². The Bertz CT molecular complexity index is 510. The Kier molecular flexibility index (Phi) is 6.56. The van der Waals surface area contributed by atoms with Gasteiger partial charge in [-0.2, -0.15) is 0 Å². The van der Waals surface area contributed by atoms with Crippen molar-refractivity contribution in [2.45, 2.75) is 57.9 Å². The summed E-state index contributed by atoms with van der Waals surface area (Å²) in [6.07, 6.45) is 5.98. The number of nitrogens with zero attached hydrogens (tertiary/aromatic N) is 2. The Labute approximate surface area is 143 Å². The van der Waals surface area contributed by atoms with Crippen molar-refractivity contribution >= 4 is 17.2 Å². The van der Waals surface area contributed by atoms with Gasteiger partial charge in [0.25, 0.3) is 5.91 Å². The van der Waals surface area contributed by atoms with Crippen LogP contribution in [0.2, 0.25) is 0 Å². The van der Waals surface area contributed by atoms with Gasteiger partial charge in [0, 0.05) is 18.0 Å². The van der Waals surface area contributed by atoms with E-state index < -0.39 is 0 Å². The summed E-state index contributed by atoms with van der Waals surface area (Å²) in [7, 11) is 0. The average molecular weight is 340 g/mol. The largest absolute Gasteiger partial charge is 0.395 e. The summed E-state index contributed by atoms with van der Waals surface area (Å²) in [5, 5.41) is 13.3. The van der Waals surface area contributed by atoms with E-state index in [1.165, 1.54) is 17.8 Å². The smallest absolute Gasteiger partial charge is 0.263 e. The van der Waals surface area contributed by atoms with Gasteiger partial charge < -0.3 is 10.4 Å². The van der Waals surface area contributed by atoms with E-state index in [2.05, 4.69) is 36.0 Å². The number of carbonyl (C=O) groups excluding carboxylic acids is 1. The number of aliphatic hydroxyl groups is 1. The number of aliphatic hydroxyl groups excluding tert-OH is 1. The van der Waals surface area contributed by atoms with E-state index in [1.54, 1.807) is 6.20 Å². The van der Waals surface area contributed by atoms with Gasteiger partial charge in [-0.05, 0) is 38.8 Å². The second-order valence-corrected chi connectivity index (χ2v) is 8.29. The molecule has 1 aromatic heterocycles. The first kappa shape index (κ1) is 18.4. The van der Waals surface area contributed by atoms with Crippen LogP contribution < -0.4 is 5.32 Å². The van der Waals surface area contributed by atoms with Gasteiger partial charge in [0.15, 0.2) is 0 Å². The fourth-order valence-corrected chi connectivity index (χ4v) is 3.74. The van der Waals surface area contributed by atoms with Gasteiger partial charge in [-0.15, -0.1) is 11.3 Å². The zero-order chi connectivity index (χ0) is 16.9. The molecule has 1 saturated heterocycles. The molecule has 5 nitrogen and oxygen atoms in total. The summed E-state index contributed by atoms with van der Waals surface area (Å²) in [4.78, 5) is 19.5. The minimum atomic E-state index is -0.0209. The first-order chi connectivity index (χ1) is 10.9. The van der Waals surface area contributed by atoms with Crippen LogP contribution in [-0.2, 0) is 5.41 Å². The highest BCUT2D eigenvalue weighted by Gasteiger charge is 2.23. The minimum absolute atomic E-state index is 0.0117. The van der Waals surface area contributed by atoms with Crippen molar-refractivity contribution in [1.82, 2.24) is 15.2 Å². The number of rotatable bonds is 7. The maximum absolute atomic E-state index is 12.1. The molecule has 1 atom stereocenters. The molecule has 6 heteroatoms. The topological polar surface area (TPSA) is 65.5 Å². The minimum Gasteiger partial charge on any atom is -0.395 e. The molecule has 1 aliphatic rings. The van der Waals surface area contributed by atoms with Crippen LogP contribution in [0, 0.1) is 0 Å². The lowest BCUT2D eigenvalue weighted by molar-refractivity contribution is 0.0956. The van der Waals surface area contributed by atoms with Gasteiger partial charge in [0.1, 0.15) is 4.88 Å². The van der Waals surface area contributed by atoms with E-state index in [-0.39, 0.29) is 17.9 Å². The van der Waals surface area contributed by atoms with E-state index in [4.69, 9.17) is 0 Å². The molecule has 0 aromatic carbocycles. The van der Waals surface area contributed by atoms with E-state index in [9.17, 15) is 9.90 Å². The maximum Gasteiger partial charge on any atom is 0.263 e. The molecule has 1 aromatic rings. The summed E-state index contributed by atoms with van der Waals surface area (Å²) < 4.78 is 0. The summed E-state index contributed by atoms with van der Waals surface area (Å²) in [6.45, 7) is 9.36. The lowest BCUT2D eigenvalue weighted by Gasteiger charge is -2.22. The van der Waals surface area contributed by atoms with Crippen LogP contribution in [0.5, 0.6) is 0 Å². The first-order valence-corrected chi connectivity index (χ1v) is 9.33. The number of thiazole rings is 1. The predicted molar refractivity (Wildman–Crippen MR) is 94.1 cm³/mol. The second kappa shape index (κ2) is 8.22. The molecule has 1 amide bonds. The van der Waals surface area contributed by atoms with Gasteiger partial charge in [-0.3, -0.25) is 9.69 Å². The Morgan fingerprint density at radius 1 is 1.48 bits per heavy atom. The molecule has 1 aliphatic heterocycles. The van der Waals surface area contributed by atoms with Gasteiger partial charge in [-0.1, -0.05) is 20.8 Å². The number of hydrogen-bond acceptors (Lipinski definition) is 5. The van der Waals surface area contributed by atoms with Gasteiger partial charge in [-0.25, -0.2) is 4.98 Å². The van der Waals surface area contributed by atoms with Crippen LogP contribution in [0.4, 0.5) is 0 Å². The summed E-state index contributed by atoms with van der Waals surface area (Å²) >= 11 is 1.48. The van der Waals surface area contributed by atoms with Crippen LogP contribution in [0.3, 0.4) is 0 Å². The zero-order valence-electron chi connectivity index (χ0n) is 14.5. The Hall–Kier alpha value is -0.980. The molecule has 130 valence electrons. The third-order valence-corrected chi connectivity index (χ3v) is 5.66. The highest BCUT2D eigenvalue weighted by molar-refractivity contribution is 7.13. The second-order valence-electron chi connectivity index (χ2n) is 7.26. The summed E-state index contributed by atoms with van der Waals surface area (Å²) in [6, 6.07) is 0.345. The molecule has 2 N–H and O–H groups in total. The molecular formula is C17H29N3O2S. The Morgan fingerprint density at radius 3 is 2.91 bits per heavy atom. The SMILES string of the molecule is CC(C)(C)c1ncc(C(=O)NCCCCN2CCCC2CO)s1. The zero-order valence-corrected chi connectivity index (χ0v) is 15.3. The number of aromatic nitrogens is 1. The molecular weight excluding hydrogens is 310 g/mol. The number of nitrogens with one attached hydrogen (secondary N) is 1. The van der Waals surface area contributed by atoms with Crippen molar-refractivity contribution in [2.24, 2.45) is 0 Å². The summed E-state index contributed by atoms with van der Waals surface area (Å²) in [5.74, 6) is -0.0209. The van der Waals surface area contributed by atoms with Crippen molar-refractivity contribution in [3.05, 3.63) is 16.1 Å². The molecule has 2 rings (SSSR count). The number of likely N-dealkylation sites (tertiary alicyclic amines) is 1. The Balaban J connectivity index is 1.66. The molecule has 0 spiro atoms. The quantitative estimate of drug-likeness (QED) is 0.749. The molecule has 0 saturated carbocycles. The van der Waals surface area contributed by atoms with Crippen LogP contribution >= 0.6 is 11.3 Å². The van der Waals surface area contributed by atoms with Crippen molar-refractivity contribution in [3.63, 3.8) is 0 Å². The van der Waals surface area contributed by atoms with Crippen molar-refractivity contribution in [3.8, 4) is 0 Å². The lowest BCUT2D eigenvalue weighted by atomic mass is 9.98. The summed E-state index contributed by atoms with van der Waals surface area (Å²) in [5.41, 5.74) is -0.0117. The van der Waals surface area contributed by atoms with Gasteiger partial charge in [0.2, 0.25) is 0 Å². The fourth-order valence-electron chi connectivity index (χ4n) is 2.85. The molecule has 0 bridgehead atoms. The van der Waals surface area contributed by atoms with Crippen LogP contribution in [0.1, 0.15) is 61.1 Å². The normalized spacial score (nSPS) is 19.2. The standard InChI is InChI=1S/C17H29N3O2S/c1-17(2,3)16-19-11-14(23-16)15(22)18-8-4-5-9-20-10-6-7-13(20)12-21/h11,13,21H,4-10,12H2,1-3H3,(H,18,22). The highest BCUT2D eigenvalue weighted by Crippen LogP contribution is 2.26. The highest BCUT2D eigenvalue weighted by atomic mass is 32.1. The maximum atomic E-state index is 12.1. The monoisotopic (exact) mass is 339 g/mol. The molecule has 2 heterocycles. The molecule has 0 radical (unpaired) electrons. The third-order valence-electron chi connectivity index (χ3n) is 4.24. The van der Waals surface area contributed by atoms with Crippen LogP contribution in [0.25, 0.3) is 0 Å².